The molecule has 4 nitrogen and oxygen atoms in total. The summed E-state index contributed by atoms with van der Waals surface area (Å²) in [5.74, 6) is 1.10. The summed E-state index contributed by atoms with van der Waals surface area (Å²) in [7, 11) is -0.508. The molecule has 0 aliphatic carbocycles. The molecule has 1 fully saturated rings. The zero-order chi connectivity index (χ0) is 14.3. The van der Waals surface area contributed by atoms with Crippen LogP contribution in [-0.2, 0) is 9.31 Å². The van der Waals surface area contributed by atoms with E-state index in [1.807, 2.05) is 27.7 Å². The zero-order valence-corrected chi connectivity index (χ0v) is 11.6. The molecule has 1 aliphatic heterocycles. The number of aromatic nitrogens is 1. The van der Waals surface area contributed by atoms with Crippen LogP contribution in [0.15, 0.2) is 18.2 Å². The number of nitrogens with two attached hydrogens (primary N) is 1. The molecule has 0 amide bonds. The van der Waals surface area contributed by atoms with Crippen molar-refractivity contribution in [2.75, 3.05) is 5.73 Å². The lowest BCUT2D eigenvalue weighted by Gasteiger charge is -2.32. The normalized spacial score (nSPS) is 21.2. The average molecular weight is 264 g/mol. The molecule has 19 heavy (non-hydrogen) atoms. The molecule has 0 unspecified atom stereocenters. The minimum Gasteiger partial charge on any atom is -0.400 e. The smallest absolute Gasteiger partial charge is 0.400 e. The lowest BCUT2D eigenvalue weighted by molar-refractivity contribution is 0.00578. The second kappa shape index (κ2) is 4.61. The Morgan fingerprint density at radius 2 is 1.84 bits per heavy atom. The van der Waals surface area contributed by atoms with Gasteiger partial charge in [0, 0.05) is 5.56 Å². The van der Waals surface area contributed by atoms with E-state index >= 15 is 0 Å². The minimum absolute atomic E-state index is 0.315. The first-order chi connectivity index (χ1) is 8.71. The van der Waals surface area contributed by atoms with E-state index in [1.165, 1.54) is 12.3 Å². The molecule has 1 aliphatic rings. The first kappa shape index (κ1) is 14.0. The van der Waals surface area contributed by atoms with Crippen LogP contribution in [0.4, 0.5) is 10.1 Å². The number of nitrogens with zero attached hydrogens (tertiary/aromatic N) is 1. The number of halogens is 1. The molecule has 102 valence electrons. The van der Waals surface area contributed by atoms with Crippen molar-refractivity contribution in [1.82, 2.24) is 4.98 Å². The highest BCUT2D eigenvalue weighted by Gasteiger charge is 2.49. The first-order valence-electron chi connectivity index (χ1n) is 6.16. The monoisotopic (exact) mass is 264 g/mol. The van der Waals surface area contributed by atoms with Gasteiger partial charge in [0.15, 0.2) is 0 Å². The van der Waals surface area contributed by atoms with Crippen molar-refractivity contribution >= 4 is 18.9 Å². The molecule has 0 aromatic carbocycles. The van der Waals surface area contributed by atoms with E-state index in [9.17, 15) is 4.39 Å². The van der Waals surface area contributed by atoms with E-state index in [1.54, 1.807) is 12.1 Å². The van der Waals surface area contributed by atoms with Crippen molar-refractivity contribution < 1.29 is 13.7 Å². The van der Waals surface area contributed by atoms with Crippen LogP contribution in [0, 0.1) is 5.95 Å². The predicted octanol–water partition coefficient (Wildman–Crippen LogP) is 2.45. The number of nitrogen functional groups attached to an aromatic ring is 1. The Bertz CT molecular complexity index is 501. The highest BCUT2D eigenvalue weighted by Crippen LogP contribution is 2.37. The van der Waals surface area contributed by atoms with Crippen LogP contribution in [0.5, 0.6) is 0 Å². The lowest BCUT2D eigenvalue weighted by Crippen LogP contribution is -2.41. The van der Waals surface area contributed by atoms with Gasteiger partial charge in [0.05, 0.1) is 23.1 Å². The van der Waals surface area contributed by atoms with E-state index in [0.29, 0.717) is 11.3 Å². The number of hydrogen-bond donors (Lipinski definition) is 1. The van der Waals surface area contributed by atoms with Gasteiger partial charge in [-0.05, 0) is 33.8 Å². The van der Waals surface area contributed by atoms with Crippen LogP contribution >= 0.6 is 0 Å². The lowest BCUT2D eigenvalue weighted by atomic mass is 9.89. The molecular weight excluding hydrogens is 246 g/mol. The number of pyridine rings is 1. The van der Waals surface area contributed by atoms with Crippen molar-refractivity contribution in [1.29, 1.82) is 0 Å². The minimum atomic E-state index is -0.568. The summed E-state index contributed by atoms with van der Waals surface area (Å²) in [4.78, 5) is 3.56. The molecule has 0 radical (unpaired) electrons. The maximum Gasteiger partial charge on any atom is 0.487 e. The fourth-order valence-electron chi connectivity index (χ4n) is 1.75. The van der Waals surface area contributed by atoms with Gasteiger partial charge in [-0.3, -0.25) is 0 Å². The summed E-state index contributed by atoms with van der Waals surface area (Å²) < 4.78 is 25.0. The predicted molar refractivity (Wildman–Crippen MR) is 73.7 cm³/mol. The molecule has 1 saturated heterocycles. The molecule has 0 bridgehead atoms. The Labute approximate surface area is 113 Å². The third-order valence-electron chi connectivity index (χ3n) is 3.59. The van der Waals surface area contributed by atoms with E-state index in [2.05, 4.69) is 4.98 Å². The molecule has 0 atom stereocenters. The van der Waals surface area contributed by atoms with Gasteiger partial charge >= 0.3 is 7.12 Å². The molecule has 1 aromatic rings. The quantitative estimate of drug-likeness (QED) is 0.658. The fraction of sp³-hybridized carbons (Fsp3) is 0.462. The zero-order valence-electron chi connectivity index (χ0n) is 11.6. The Kier molecular flexibility index (Phi) is 3.41. The van der Waals surface area contributed by atoms with Crippen molar-refractivity contribution in [3.8, 4) is 0 Å². The van der Waals surface area contributed by atoms with Gasteiger partial charge < -0.3 is 15.0 Å². The maximum atomic E-state index is 13.4. The van der Waals surface area contributed by atoms with Crippen LogP contribution in [0.2, 0.25) is 0 Å². The fourth-order valence-corrected chi connectivity index (χ4v) is 1.75. The molecule has 0 saturated carbocycles. The summed E-state index contributed by atoms with van der Waals surface area (Å²) in [5.41, 5.74) is 5.48. The third-order valence-corrected chi connectivity index (χ3v) is 3.59. The van der Waals surface area contributed by atoms with Crippen LogP contribution in [0.3, 0.4) is 0 Å². The second-order valence-corrected chi connectivity index (χ2v) is 5.63. The standard InChI is InChI=1S/C13H18BFN2O2/c1-12(2)13(3,4)19-14(18-12)6-5-9-7-10(16)8-17-11(9)15/h5-8H,16H2,1-4H3/b6-5+. The van der Waals surface area contributed by atoms with Gasteiger partial charge in [0.25, 0.3) is 0 Å². The molecule has 2 heterocycles. The average Bonchev–Trinajstić information content (AvgIpc) is 2.49. The highest BCUT2D eigenvalue weighted by atomic mass is 19.1. The molecular formula is C13H18BFN2O2. The van der Waals surface area contributed by atoms with Crippen molar-refractivity contribution in [3.05, 3.63) is 29.7 Å². The van der Waals surface area contributed by atoms with Crippen molar-refractivity contribution in [3.63, 3.8) is 0 Å². The highest BCUT2D eigenvalue weighted by molar-refractivity contribution is 6.52. The van der Waals surface area contributed by atoms with Crippen molar-refractivity contribution in [2.24, 2.45) is 0 Å². The molecule has 2 N–H and O–H groups in total. The van der Waals surface area contributed by atoms with Crippen LogP contribution in [-0.4, -0.2) is 23.3 Å². The summed E-state index contributed by atoms with van der Waals surface area (Å²) in [5, 5.41) is 0. The van der Waals surface area contributed by atoms with E-state index in [0.717, 1.165) is 0 Å². The summed E-state index contributed by atoms with van der Waals surface area (Å²) >= 11 is 0. The van der Waals surface area contributed by atoms with Crippen LogP contribution in [0.25, 0.3) is 6.08 Å². The van der Waals surface area contributed by atoms with Gasteiger partial charge in [0.1, 0.15) is 0 Å². The summed E-state index contributed by atoms with van der Waals surface area (Å²) in [6.07, 6.45) is 2.85. The van der Waals surface area contributed by atoms with Gasteiger partial charge in [-0.1, -0.05) is 12.1 Å². The first-order valence-corrected chi connectivity index (χ1v) is 6.16. The second-order valence-electron chi connectivity index (χ2n) is 5.63. The van der Waals surface area contributed by atoms with E-state index < -0.39 is 24.3 Å². The molecule has 2 rings (SSSR count). The SMILES string of the molecule is CC1(C)OB(/C=C/c2cc(N)cnc2F)OC1(C)C. The van der Waals surface area contributed by atoms with Crippen LogP contribution in [0.1, 0.15) is 33.3 Å². The van der Waals surface area contributed by atoms with E-state index in [-0.39, 0.29) is 0 Å². The Hall–Kier alpha value is -1.40. The molecule has 6 heteroatoms. The van der Waals surface area contributed by atoms with Gasteiger partial charge in [0.2, 0.25) is 5.95 Å². The van der Waals surface area contributed by atoms with Gasteiger partial charge in [-0.15, -0.1) is 0 Å². The number of anilines is 1. The van der Waals surface area contributed by atoms with Crippen molar-refractivity contribution in [2.45, 2.75) is 38.9 Å². The summed E-state index contributed by atoms with van der Waals surface area (Å²) in [6, 6.07) is 1.52. The summed E-state index contributed by atoms with van der Waals surface area (Å²) in [6.45, 7) is 7.85. The largest absolute Gasteiger partial charge is 0.487 e. The molecule has 1 aromatic heterocycles. The Morgan fingerprint density at radius 1 is 1.26 bits per heavy atom. The Balaban J connectivity index is 2.15. The maximum absolute atomic E-state index is 13.4. The van der Waals surface area contributed by atoms with Gasteiger partial charge in [-0.25, -0.2) is 4.98 Å². The van der Waals surface area contributed by atoms with Gasteiger partial charge in [-0.2, -0.15) is 4.39 Å². The third kappa shape index (κ3) is 2.79. The molecule has 0 spiro atoms. The topological polar surface area (TPSA) is 57.4 Å². The number of hydrogen-bond acceptors (Lipinski definition) is 4. The number of rotatable bonds is 2. The van der Waals surface area contributed by atoms with Crippen LogP contribution < -0.4 is 5.73 Å². The van der Waals surface area contributed by atoms with E-state index in [4.69, 9.17) is 15.0 Å². The Morgan fingerprint density at radius 3 is 2.42 bits per heavy atom.